The molecule has 0 aromatic carbocycles. The van der Waals surface area contributed by atoms with Crippen LogP contribution in [0.2, 0.25) is 0 Å². The van der Waals surface area contributed by atoms with Crippen LogP contribution in [-0.2, 0) is 17.7 Å². The number of hydrogen-bond donors (Lipinski definition) is 1. The van der Waals surface area contributed by atoms with Crippen LogP contribution in [0.3, 0.4) is 0 Å². The van der Waals surface area contributed by atoms with E-state index in [-0.39, 0.29) is 23.9 Å². The third-order valence-corrected chi connectivity index (χ3v) is 7.98. The van der Waals surface area contributed by atoms with E-state index < -0.39 is 22.8 Å². The monoisotopic (exact) mass is 543 g/mol. The number of anilines is 1. The first kappa shape index (κ1) is 26.6. The van der Waals surface area contributed by atoms with Crippen LogP contribution in [0.5, 0.6) is 0 Å². The quantitative estimate of drug-likeness (QED) is 0.309. The van der Waals surface area contributed by atoms with Crippen molar-refractivity contribution in [3.8, 4) is 17.5 Å². The lowest BCUT2D eigenvalue weighted by Crippen LogP contribution is -2.31. The maximum absolute atomic E-state index is 13.7. The van der Waals surface area contributed by atoms with E-state index in [0.29, 0.717) is 33.6 Å². The van der Waals surface area contributed by atoms with Crippen molar-refractivity contribution in [1.82, 2.24) is 34.5 Å². The smallest absolute Gasteiger partial charge is 0.296 e. The Morgan fingerprint density at radius 2 is 1.97 bits per heavy atom. The van der Waals surface area contributed by atoms with Crippen molar-refractivity contribution in [3.05, 3.63) is 58.3 Å². The highest BCUT2D eigenvalue weighted by atomic mass is 32.2. The Labute approximate surface area is 229 Å². The lowest BCUT2D eigenvalue weighted by atomic mass is 10.1. The summed E-state index contributed by atoms with van der Waals surface area (Å²) in [6, 6.07) is 5.02. The second-order valence-corrected chi connectivity index (χ2v) is 11.6. The zero-order chi connectivity index (χ0) is 27.7. The number of fused-ring (bicyclic) bond motifs is 1. The molecule has 0 aliphatic heterocycles. The topological polar surface area (TPSA) is 158 Å². The SMILES string of the molecule is CC[S+]([O-])c1ccc(CNc2nc3cnc(-c4c(C)ncnc4C4CC4)nc3n(C(C#N)C(C)C)c2=O)nc1. The number of nitrogens with one attached hydrogen (secondary N) is 1. The number of aromatic nitrogens is 7. The van der Waals surface area contributed by atoms with Crippen LogP contribution >= 0.6 is 0 Å². The van der Waals surface area contributed by atoms with Crippen molar-refractivity contribution in [3.63, 3.8) is 0 Å². The summed E-state index contributed by atoms with van der Waals surface area (Å²) in [5, 5.41) is 13.1. The largest absolute Gasteiger partial charge is 0.611 e. The Balaban J connectivity index is 1.58. The van der Waals surface area contributed by atoms with Gasteiger partial charge in [-0.15, -0.1) is 0 Å². The normalized spacial score (nSPS) is 14.8. The van der Waals surface area contributed by atoms with Gasteiger partial charge < -0.3 is 9.87 Å². The van der Waals surface area contributed by atoms with Crippen molar-refractivity contribution in [2.75, 3.05) is 11.1 Å². The molecule has 4 aromatic rings. The van der Waals surface area contributed by atoms with Gasteiger partial charge in [-0.25, -0.2) is 24.9 Å². The maximum Gasteiger partial charge on any atom is 0.296 e. The van der Waals surface area contributed by atoms with Crippen LogP contribution in [-0.4, -0.2) is 44.8 Å². The Kier molecular flexibility index (Phi) is 7.54. The van der Waals surface area contributed by atoms with Gasteiger partial charge in [-0.1, -0.05) is 13.8 Å². The minimum atomic E-state index is -1.09. The molecule has 0 amide bonds. The average Bonchev–Trinajstić information content (AvgIpc) is 3.79. The van der Waals surface area contributed by atoms with Gasteiger partial charge >= 0.3 is 0 Å². The minimum Gasteiger partial charge on any atom is -0.611 e. The molecule has 12 heteroatoms. The summed E-state index contributed by atoms with van der Waals surface area (Å²) in [4.78, 5) is 41.5. The Bertz CT molecular complexity index is 1610. The molecule has 1 aliphatic rings. The van der Waals surface area contributed by atoms with Crippen molar-refractivity contribution >= 4 is 28.2 Å². The molecule has 11 nitrogen and oxygen atoms in total. The van der Waals surface area contributed by atoms with Gasteiger partial charge in [0, 0.05) is 5.92 Å². The molecule has 1 N–H and O–H groups in total. The number of pyridine rings is 1. The second-order valence-electron chi connectivity index (χ2n) is 9.82. The first-order chi connectivity index (χ1) is 18.8. The maximum atomic E-state index is 13.7. The van der Waals surface area contributed by atoms with Crippen molar-refractivity contribution in [2.24, 2.45) is 5.92 Å². The van der Waals surface area contributed by atoms with Crippen molar-refractivity contribution < 1.29 is 4.55 Å². The third kappa shape index (κ3) is 5.32. The Morgan fingerprint density at radius 1 is 1.18 bits per heavy atom. The van der Waals surface area contributed by atoms with Crippen LogP contribution in [0.25, 0.3) is 22.6 Å². The predicted octanol–water partition coefficient (Wildman–Crippen LogP) is 3.68. The molecule has 2 atom stereocenters. The van der Waals surface area contributed by atoms with Gasteiger partial charge in [-0.2, -0.15) is 5.26 Å². The molecule has 1 saturated carbocycles. The standard InChI is InChI=1S/C27H29N9O2S/c1-5-39(38)19-9-8-18(29-12-19)11-30-25-27(37)36(21(10-28)15(2)3)26-20(34-25)13-31-24(35-26)22-16(4)32-14-33-23(22)17-6-7-17/h8-9,12-15,17,21H,5-7,11H2,1-4H3,(H,30,34). The molecule has 4 aromatic heterocycles. The van der Waals surface area contributed by atoms with Crippen molar-refractivity contribution in [1.29, 1.82) is 5.26 Å². The van der Waals surface area contributed by atoms with E-state index in [1.165, 1.54) is 4.57 Å². The van der Waals surface area contributed by atoms with Crippen molar-refractivity contribution in [2.45, 2.75) is 63.9 Å². The summed E-state index contributed by atoms with van der Waals surface area (Å²) >= 11 is -1.09. The molecule has 5 rings (SSSR count). The highest BCUT2D eigenvalue weighted by Gasteiger charge is 2.31. The predicted molar refractivity (Wildman–Crippen MR) is 147 cm³/mol. The molecule has 39 heavy (non-hydrogen) atoms. The van der Waals surface area contributed by atoms with Gasteiger partial charge in [0.25, 0.3) is 5.56 Å². The van der Waals surface area contributed by atoms with E-state index in [2.05, 4.69) is 36.3 Å². The van der Waals surface area contributed by atoms with Gasteiger partial charge in [-0.05, 0) is 55.9 Å². The molecule has 0 radical (unpaired) electrons. The van der Waals surface area contributed by atoms with Gasteiger partial charge in [0.15, 0.2) is 22.2 Å². The lowest BCUT2D eigenvalue weighted by Gasteiger charge is -2.20. The molecule has 2 unspecified atom stereocenters. The molecule has 4 heterocycles. The van der Waals surface area contributed by atoms with Crippen LogP contribution in [0.1, 0.15) is 62.7 Å². The van der Waals surface area contributed by atoms with Gasteiger partial charge in [0.1, 0.15) is 23.6 Å². The van der Waals surface area contributed by atoms with E-state index >= 15 is 0 Å². The second kappa shape index (κ2) is 11.0. The minimum absolute atomic E-state index is 0.0701. The molecule has 1 aliphatic carbocycles. The first-order valence-electron chi connectivity index (χ1n) is 12.9. The first-order valence-corrected chi connectivity index (χ1v) is 14.2. The lowest BCUT2D eigenvalue weighted by molar-refractivity contribution is 0.458. The number of rotatable bonds is 9. The zero-order valence-electron chi connectivity index (χ0n) is 22.2. The fourth-order valence-corrected chi connectivity index (χ4v) is 5.15. The number of nitrogens with zero attached hydrogens (tertiary/aromatic N) is 8. The van der Waals surface area contributed by atoms with E-state index in [1.807, 2.05) is 27.7 Å². The van der Waals surface area contributed by atoms with E-state index in [4.69, 9.17) is 4.98 Å². The van der Waals surface area contributed by atoms with E-state index in [9.17, 15) is 14.6 Å². The van der Waals surface area contributed by atoms with E-state index in [0.717, 1.165) is 29.8 Å². The summed E-state index contributed by atoms with van der Waals surface area (Å²) < 4.78 is 13.4. The fraction of sp³-hybridized carbons (Fsp3) is 0.407. The Morgan fingerprint density at radius 3 is 2.62 bits per heavy atom. The molecule has 0 spiro atoms. The van der Waals surface area contributed by atoms with Crippen LogP contribution in [0.15, 0.2) is 40.5 Å². The number of aryl methyl sites for hydroxylation is 1. The Hall–Kier alpha value is -3.95. The summed E-state index contributed by atoms with van der Waals surface area (Å²) in [6.07, 6.45) is 6.81. The molecule has 0 bridgehead atoms. The van der Waals surface area contributed by atoms with E-state index in [1.54, 1.807) is 30.9 Å². The molecule has 0 saturated heterocycles. The molecular formula is C27H29N9O2S. The van der Waals surface area contributed by atoms with Gasteiger partial charge in [-0.3, -0.25) is 14.3 Å². The number of nitriles is 1. The molecular weight excluding hydrogens is 514 g/mol. The fourth-order valence-electron chi connectivity index (χ4n) is 4.43. The highest BCUT2D eigenvalue weighted by Crippen LogP contribution is 2.43. The molecule has 1 fully saturated rings. The molecule has 200 valence electrons. The van der Waals surface area contributed by atoms with Crippen LogP contribution in [0, 0.1) is 24.2 Å². The van der Waals surface area contributed by atoms with Gasteiger partial charge in [0.05, 0.1) is 47.7 Å². The highest BCUT2D eigenvalue weighted by molar-refractivity contribution is 7.91. The summed E-state index contributed by atoms with van der Waals surface area (Å²) in [7, 11) is 0. The van der Waals surface area contributed by atoms with Crippen LogP contribution < -0.4 is 10.9 Å². The summed E-state index contributed by atoms with van der Waals surface area (Å²) in [5.41, 5.74) is 3.28. The summed E-state index contributed by atoms with van der Waals surface area (Å²) in [6.45, 7) is 7.72. The third-order valence-electron chi connectivity index (χ3n) is 6.69. The van der Waals surface area contributed by atoms with Crippen LogP contribution in [0.4, 0.5) is 5.82 Å². The number of hydrogen-bond acceptors (Lipinski definition) is 10. The van der Waals surface area contributed by atoms with Gasteiger partial charge in [0.2, 0.25) is 0 Å². The average molecular weight is 544 g/mol. The summed E-state index contributed by atoms with van der Waals surface area (Å²) in [5.74, 6) is 1.17. The zero-order valence-corrected chi connectivity index (χ0v) is 23.1.